The number of hydrogen-bond acceptors (Lipinski definition) is 5. The first kappa shape index (κ1) is 13.7. The fraction of sp³-hybridized carbons (Fsp3) is 0.400. The van der Waals surface area contributed by atoms with Crippen LogP contribution in [0, 0.1) is 18.7 Å². The Bertz CT molecular complexity index is 670. The van der Waals surface area contributed by atoms with Gasteiger partial charge in [0.15, 0.2) is 11.9 Å². The first-order valence-electron chi connectivity index (χ1n) is 6.81. The van der Waals surface area contributed by atoms with Gasteiger partial charge in [0.1, 0.15) is 5.82 Å². The van der Waals surface area contributed by atoms with Crippen molar-refractivity contribution in [2.24, 2.45) is 5.92 Å². The first-order valence-corrected chi connectivity index (χ1v) is 6.81. The Balaban J connectivity index is 1.62. The Kier molecular flexibility index (Phi) is 3.45. The molecule has 3 rings (SSSR count). The van der Waals surface area contributed by atoms with Crippen molar-refractivity contribution in [2.75, 3.05) is 0 Å². The smallest absolute Gasteiger partial charge is 0.310 e. The van der Waals surface area contributed by atoms with Gasteiger partial charge in [0.2, 0.25) is 0 Å². The number of hydrogen-bond donors (Lipinski definition) is 0. The van der Waals surface area contributed by atoms with E-state index >= 15 is 0 Å². The number of aryl methyl sites for hydroxylation is 1. The number of aromatic nitrogens is 2. The number of benzene rings is 1. The Morgan fingerprint density at radius 1 is 1.48 bits per heavy atom. The number of esters is 1. The van der Waals surface area contributed by atoms with Crippen molar-refractivity contribution < 1.29 is 18.4 Å². The molecule has 1 saturated carbocycles. The maximum absolute atomic E-state index is 13.7. The van der Waals surface area contributed by atoms with Gasteiger partial charge in [-0.2, -0.15) is 4.98 Å². The van der Waals surface area contributed by atoms with E-state index in [9.17, 15) is 9.18 Å². The van der Waals surface area contributed by atoms with Crippen molar-refractivity contribution in [3.8, 4) is 0 Å². The van der Waals surface area contributed by atoms with Gasteiger partial charge in [-0.05, 0) is 31.9 Å². The average molecular weight is 290 g/mol. The average Bonchev–Trinajstić information content (AvgIpc) is 3.13. The van der Waals surface area contributed by atoms with E-state index in [1.807, 2.05) is 0 Å². The summed E-state index contributed by atoms with van der Waals surface area (Å²) < 4.78 is 23.9. The summed E-state index contributed by atoms with van der Waals surface area (Å²) in [5, 5.41) is 3.65. The molecule has 1 aliphatic carbocycles. The number of carbonyl (C=O) groups is 1. The summed E-state index contributed by atoms with van der Waals surface area (Å²) in [4.78, 5) is 16.1. The van der Waals surface area contributed by atoms with E-state index in [1.54, 1.807) is 32.0 Å². The van der Waals surface area contributed by atoms with E-state index < -0.39 is 6.10 Å². The second kappa shape index (κ2) is 5.27. The largest absolute Gasteiger partial charge is 0.452 e. The summed E-state index contributed by atoms with van der Waals surface area (Å²) in [5.74, 6) is -0.277. The summed E-state index contributed by atoms with van der Waals surface area (Å²) in [6.07, 6.45) is 0.00980. The minimum atomic E-state index is -0.597. The van der Waals surface area contributed by atoms with Crippen molar-refractivity contribution >= 4 is 5.97 Å². The monoisotopic (exact) mass is 290 g/mol. The van der Waals surface area contributed by atoms with Crippen LogP contribution in [0.4, 0.5) is 4.39 Å². The van der Waals surface area contributed by atoms with E-state index in [1.165, 1.54) is 6.07 Å². The summed E-state index contributed by atoms with van der Waals surface area (Å²) >= 11 is 0. The van der Waals surface area contributed by atoms with Crippen LogP contribution in [0.25, 0.3) is 0 Å². The molecule has 1 aromatic carbocycles. The molecule has 2 aromatic rings. The third kappa shape index (κ3) is 2.79. The molecular formula is C15H15FN2O3. The number of carbonyl (C=O) groups excluding carboxylic acids is 1. The molecular weight excluding hydrogens is 275 g/mol. The van der Waals surface area contributed by atoms with Crippen LogP contribution in [0.2, 0.25) is 0 Å². The normalized spacial score (nSPS) is 21.9. The zero-order valence-electron chi connectivity index (χ0n) is 11.7. The predicted octanol–water partition coefficient (Wildman–Crippen LogP) is 2.93. The summed E-state index contributed by atoms with van der Waals surface area (Å²) in [7, 11) is 0. The molecule has 0 radical (unpaired) electrons. The van der Waals surface area contributed by atoms with Gasteiger partial charge in [-0.15, -0.1) is 0 Å². The highest BCUT2D eigenvalue weighted by atomic mass is 19.1. The second-order valence-corrected chi connectivity index (χ2v) is 5.23. The Morgan fingerprint density at radius 3 is 2.90 bits per heavy atom. The molecule has 5 nitrogen and oxygen atoms in total. The molecule has 0 bridgehead atoms. The third-order valence-corrected chi connectivity index (χ3v) is 3.58. The van der Waals surface area contributed by atoms with Gasteiger partial charge >= 0.3 is 5.97 Å². The predicted molar refractivity (Wildman–Crippen MR) is 70.8 cm³/mol. The minimum Gasteiger partial charge on any atom is -0.452 e. The lowest BCUT2D eigenvalue weighted by atomic mass is 10.1. The zero-order valence-corrected chi connectivity index (χ0v) is 11.7. The van der Waals surface area contributed by atoms with E-state index in [4.69, 9.17) is 9.26 Å². The molecule has 1 fully saturated rings. The van der Waals surface area contributed by atoms with Crippen molar-refractivity contribution in [1.82, 2.24) is 10.1 Å². The molecule has 1 aliphatic rings. The van der Waals surface area contributed by atoms with Crippen LogP contribution < -0.4 is 0 Å². The van der Waals surface area contributed by atoms with Crippen LogP contribution >= 0.6 is 0 Å². The lowest BCUT2D eigenvalue weighted by Crippen LogP contribution is -2.12. The van der Waals surface area contributed by atoms with Gasteiger partial charge in [-0.1, -0.05) is 23.4 Å². The van der Waals surface area contributed by atoms with Crippen LogP contribution in [0.5, 0.6) is 0 Å². The molecule has 0 spiro atoms. The first-order chi connectivity index (χ1) is 10.1. The standard InChI is InChI=1S/C15H15FN2O3/c1-8(14-17-9(2)18-21-14)20-15(19)12-7-11(12)10-5-3-4-6-13(10)16/h3-6,8,11-12H,7H2,1-2H3. The maximum atomic E-state index is 13.7. The number of rotatable bonds is 4. The SMILES string of the molecule is Cc1noc(C(C)OC(=O)C2CC2c2ccccc2F)n1. The van der Waals surface area contributed by atoms with Crippen molar-refractivity contribution in [3.05, 3.63) is 47.4 Å². The van der Waals surface area contributed by atoms with E-state index in [2.05, 4.69) is 10.1 Å². The van der Waals surface area contributed by atoms with E-state index in [-0.39, 0.29) is 29.5 Å². The maximum Gasteiger partial charge on any atom is 0.310 e. The van der Waals surface area contributed by atoms with Gasteiger partial charge in [0, 0.05) is 5.92 Å². The molecule has 3 unspecified atom stereocenters. The molecule has 0 saturated heterocycles. The molecule has 21 heavy (non-hydrogen) atoms. The highest BCUT2D eigenvalue weighted by Gasteiger charge is 2.47. The molecule has 0 aliphatic heterocycles. The van der Waals surface area contributed by atoms with Crippen LogP contribution in [-0.4, -0.2) is 16.1 Å². The van der Waals surface area contributed by atoms with Gasteiger partial charge in [-0.3, -0.25) is 4.79 Å². The third-order valence-electron chi connectivity index (χ3n) is 3.58. The second-order valence-electron chi connectivity index (χ2n) is 5.23. The van der Waals surface area contributed by atoms with Gasteiger partial charge in [-0.25, -0.2) is 4.39 Å². The van der Waals surface area contributed by atoms with Crippen molar-refractivity contribution in [1.29, 1.82) is 0 Å². The fourth-order valence-electron chi connectivity index (χ4n) is 2.37. The Hall–Kier alpha value is -2.24. The van der Waals surface area contributed by atoms with Gasteiger partial charge < -0.3 is 9.26 Å². The lowest BCUT2D eigenvalue weighted by molar-refractivity contribution is -0.151. The topological polar surface area (TPSA) is 65.2 Å². The Labute approximate surface area is 121 Å². The molecule has 0 amide bonds. The van der Waals surface area contributed by atoms with E-state index in [0.717, 1.165) is 0 Å². The van der Waals surface area contributed by atoms with Crippen LogP contribution in [0.3, 0.4) is 0 Å². The number of nitrogens with zero attached hydrogens (tertiary/aromatic N) is 2. The quantitative estimate of drug-likeness (QED) is 0.810. The molecule has 3 atom stereocenters. The fourth-order valence-corrected chi connectivity index (χ4v) is 2.37. The highest BCUT2D eigenvalue weighted by molar-refractivity contribution is 5.77. The van der Waals surface area contributed by atoms with Crippen molar-refractivity contribution in [2.45, 2.75) is 32.3 Å². The molecule has 110 valence electrons. The summed E-state index contributed by atoms with van der Waals surface area (Å²) in [6, 6.07) is 6.51. The Morgan fingerprint density at radius 2 is 2.24 bits per heavy atom. The summed E-state index contributed by atoms with van der Waals surface area (Å²) in [5.41, 5.74) is 0.570. The molecule has 6 heteroatoms. The minimum absolute atomic E-state index is 0.102. The van der Waals surface area contributed by atoms with E-state index in [0.29, 0.717) is 17.8 Å². The lowest BCUT2D eigenvalue weighted by Gasteiger charge is -2.09. The van der Waals surface area contributed by atoms with Crippen LogP contribution in [0.1, 0.15) is 42.6 Å². The van der Waals surface area contributed by atoms with Gasteiger partial charge in [0.05, 0.1) is 5.92 Å². The van der Waals surface area contributed by atoms with Crippen LogP contribution in [-0.2, 0) is 9.53 Å². The zero-order chi connectivity index (χ0) is 15.0. The number of halogens is 1. The van der Waals surface area contributed by atoms with Gasteiger partial charge in [0.25, 0.3) is 5.89 Å². The highest BCUT2D eigenvalue weighted by Crippen LogP contribution is 2.49. The number of ether oxygens (including phenoxy) is 1. The molecule has 0 N–H and O–H groups in total. The molecule has 1 heterocycles. The molecule has 1 aromatic heterocycles. The van der Waals surface area contributed by atoms with Crippen molar-refractivity contribution in [3.63, 3.8) is 0 Å². The van der Waals surface area contributed by atoms with Crippen LogP contribution in [0.15, 0.2) is 28.8 Å². The summed E-state index contributed by atoms with van der Waals surface area (Å²) in [6.45, 7) is 3.36.